The first-order valence-electron chi connectivity index (χ1n) is 3.05. The number of nitrogens with two attached hydrogens (primary N) is 1. The Hall–Kier alpha value is -1.17. The Kier molecular flexibility index (Phi) is 2.51. The lowest BCUT2D eigenvalue weighted by Gasteiger charge is -2.07. The smallest absolute Gasteiger partial charge is 0.396 e. The van der Waals surface area contributed by atoms with E-state index in [0.29, 0.717) is 0 Å². The van der Waals surface area contributed by atoms with Gasteiger partial charge in [0.2, 0.25) is 5.88 Å². The fraction of sp³-hybridized carbons (Fsp3) is 0.167. The highest BCUT2D eigenvalue weighted by molar-refractivity contribution is 6.33. The summed E-state index contributed by atoms with van der Waals surface area (Å²) in [7, 11) is 0. The molecule has 1 aromatic heterocycles. The quantitative estimate of drug-likeness (QED) is 0.777. The van der Waals surface area contributed by atoms with Crippen LogP contribution >= 0.6 is 11.6 Å². The summed E-state index contributed by atoms with van der Waals surface area (Å²) in [5, 5.41) is -0.0331. The predicted molar refractivity (Wildman–Crippen MR) is 40.3 cm³/mol. The molecule has 0 radical (unpaired) electrons. The molecular weight excluding hydrogens is 209 g/mol. The number of pyridine rings is 1. The zero-order valence-corrected chi connectivity index (χ0v) is 6.86. The van der Waals surface area contributed by atoms with Crippen LogP contribution in [0.15, 0.2) is 12.3 Å². The Morgan fingerprint density at radius 1 is 1.46 bits per heavy atom. The fourth-order valence-corrected chi connectivity index (χ4v) is 0.740. The van der Waals surface area contributed by atoms with Crippen LogP contribution in [0.3, 0.4) is 0 Å². The van der Waals surface area contributed by atoms with Gasteiger partial charge < -0.3 is 10.5 Å². The molecule has 0 unspecified atom stereocenters. The first-order valence-corrected chi connectivity index (χ1v) is 3.43. The number of hydrogen-bond donors (Lipinski definition) is 1. The van der Waals surface area contributed by atoms with Gasteiger partial charge in [-0.3, -0.25) is 0 Å². The van der Waals surface area contributed by atoms with Crippen molar-refractivity contribution in [1.82, 2.24) is 4.98 Å². The lowest BCUT2D eigenvalue weighted by Crippen LogP contribution is -2.17. The molecule has 0 saturated carbocycles. The van der Waals surface area contributed by atoms with Gasteiger partial charge in [0.15, 0.2) is 0 Å². The lowest BCUT2D eigenvalue weighted by molar-refractivity contribution is -0.276. The largest absolute Gasteiger partial charge is 0.574 e. The number of hydrogen-bond acceptors (Lipinski definition) is 3. The second-order valence-electron chi connectivity index (χ2n) is 2.09. The molecule has 7 heteroatoms. The molecule has 0 aromatic carbocycles. The van der Waals surface area contributed by atoms with E-state index in [1.54, 1.807) is 0 Å². The van der Waals surface area contributed by atoms with E-state index >= 15 is 0 Å². The Morgan fingerprint density at radius 2 is 2.08 bits per heavy atom. The average Bonchev–Trinajstić information content (AvgIpc) is 1.94. The van der Waals surface area contributed by atoms with E-state index in [2.05, 4.69) is 9.72 Å². The van der Waals surface area contributed by atoms with Crippen LogP contribution in [0.25, 0.3) is 0 Å². The maximum Gasteiger partial charge on any atom is 0.574 e. The second-order valence-corrected chi connectivity index (χ2v) is 2.50. The summed E-state index contributed by atoms with van der Waals surface area (Å²) in [5.41, 5.74) is 5.31. The third-order valence-electron chi connectivity index (χ3n) is 1.08. The van der Waals surface area contributed by atoms with Crippen LogP contribution in [0.1, 0.15) is 0 Å². The zero-order valence-electron chi connectivity index (χ0n) is 6.10. The molecule has 1 aromatic rings. The summed E-state index contributed by atoms with van der Waals surface area (Å²) in [6, 6.07) is 0.893. The van der Waals surface area contributed by atoms with Crippen LogP contribution in [0.5, 0.6) is 5.88 Å². The van der Waals surface area contributed by atoms with Gasteiger partial charge in [-0.1, -0.05) is 11.6 Å². The Morgan fingerprint density at radius 3 is 2.54 bits per heavy atom. The van der Waals surface area contributed by atoms with Crippen LogP contribution in [-0.2, 0) is 0 Å². The van der Waals surface area contributed by atoms with Crippen molar-refractivity contribution in [3.05, 3.63) is 17.3 Å². The van der Waals surface area contributed by atoms with E-state index in [1.165, 1.54) is 0 Å². The molecule has 0 aliphatic carbocycles. The van der Waals surface area contributed by atoms with Crippen LogP contribution in [-0.4, -0.2) is 11.3 Å². The van der Waals surface area contributed by atoms with E-state index in [9.17, 15) is 13.2 Å². The SMILES string of the molecule is Nc1cnc(OC(F)(F)F)cc1Cl. The van der Waals surface area contributed by atoms with Gasteiger partial charge in [0.05, 0.1) is 16.9 Å². The van der Waals surface area contributed by atoms with Crippen molar-refractivity contribution in [3.8, 4) is 5.88 Å². The second kappa shape index (κ2) is 3.29. The Balaban J connectivity index is 2.86. The molecule has 0 spiro atoms. The summed E-state index contributed by atoms with van der Waals surface area (Å²) in [5.74, 6) is -0.633. The van der Waals surface area contributed by atoms with Crippen molar-refractivity contribution in [2.45, 2.75) is 6.36 Å². The van der Waals surface area contributed by atoms with Crippen molar-refractivity contribution in [2.75, 3.05) is 5.73 Å². The van der Waals surface area contributed by atoms with E-state index in [4.69, 9.17) is 17.3 Å². The van der Waals surface area contributed by atoms with Gasteiger partial charge >= 0.3 is 6.36 Å². The molecule has 72 valence electrons. The highest BCUT2D eigenvalue weighted by Gasteiger charge is 2.31. The summed E-state index contributed by atoms with van der Waals surface area (Å²) < 4.78 is 38.4. The minimum Gasteiger partial charge on any atom is -0.396 e. The molecule has 0 saturated heterocycles. The minimum atomic E-state index is -4.77. The van der Waals surface area contributed by atoms with Crippen LogP contribution < -0.4 is 10.5 Å². The Labute approximate surface area is 76.3 Å². The predicted octanol–water partition coefficient (Wildman–Crippen LogP) is 2.22. The summed E-state index contributed by atoms with van der Waals surface area (Å²) in [6.45, 7) is 0. The monoisotopic (exact) mass is 212 g/mol. The fourth-order valence-electron chi connectivity index (χ4n) is 0.598. The van der Waals surface area contributed by atoms with Crippen LogP contribution in [0.2, 0.25) is 5.02 Å². The molecule has 0 fully saturated rings. The maximum absolute atomic E-state index is 11.6. The van der Waals surface area contributed by atoms with Gasteiger partial charge in [-0.15, -0.1) is 13.2 Å². The summed E-state index contributed by atoms with van der Waals surface area (Å²) in [4.78, 5) is 3.27. The average molecular weight is 213 g/mol. The van der Waals surface area contributed by atoms with E-state index in [1.807, 2.05) is 0 Å². The summed E-state index contributed by atoms with van der Waals surface area (Å²) >= 11 is 5.43. The van der Waals surface area contributed by atoms with Crippen LogP contribution in [0, 0.1) is 0 Å². The van der Waals surface area contributed by atoms with Crippen LogP contribution in [0.4, 0.5) is 18.9 Å². The van der Waals surface area contributed by atoms with Gasteiger partial charge in [0, 0.05) is 6.07 Å². The van der Waals surface area contributed by atoms with Crippen molar-refractivity contribution in [1.29, 1.82) is 0 Å². The highest BCUT2D eigenvalue weighted by Crippen LogP contribution is 2.25. The molecule has 0 aliphatic rings. The molecule has 0 bridgehead atoms. The normalized spacial score (nSPS) is 11.4. The molecule has 1 heterocycles. The van der Waals surface area contributed by atoms with Gasteiger partial charge in [-0.05, 0) is 0 Å². The molecule has 1 rings (SSSR count). The van der Waals surface area contributed by atoms with E-state index < -0.39 is 12.2 Å². The number of ether oxygens (including phenoxy) is 1. The number of rotatable bonds is 1. The zero-order chi connectivity index (χ0) is 10.1. The molecular formula is C6H4ClF3N2O. The lowest BCUT2D eigenvalue weighted by atomic mass is 10.4. The summed E-state index contributed by atoms with van der Waals surface area (Å²) in [6.07, 6.45) is -3.78. The van der Waals surface area contributed by atoms with E-state index in [-0.39, 0.29) is 10.7 Å². The topological polar surface area (TPSA) is 48.1 Å². The van der Waals surface area contributed by atoms with Crippen molar-refractivity contribution in [3.63, 3.8) is 0 Å². The molecule has 13 heavy (non-hydrogen) atoms. The molecule has 3 nitrogen and oxygen atoms in total. The van der Waals surface area contributed by atoms with Gasteiger partial charge in [0.1, 0.15) is 0 Å². The van der Waals surface area contributed by atoms with Gasteiger partial charge in [-0.25, -0.2) is 4.98 Å². The molecule has 2 N–H and O–H groups in total. The van der Waals surface area contributed by atoms with Crippen molar-refractivity contribution in [2.24, 2.45) is 0 Å². The maximum atomic E-state index is 11.6. The Bertz CT molecular complexity index is 315. The van der Waals surface area contributed by atoms with E-state index in [0.717, 1.165) is 12.3 Å². The third kappa shape index (κ3) is 2.98. The first kappa shape index (κ1) is 9.91. The molecule has 0 aliphatic heterocycles. The highest BCUT2D eigenvalue weighted by atomic mass is 35.5. The number of aromatic nitrogens is 1. The molecule has 0 amide bonds. The number of nitrogens with zero attached hydrogens (tertiary/aromatic N) is 1. The van der Waals surface area contributed by atoms with Gasteiger partial charge in [0.25, 0.3) is 0 Å². The van der Waals surface area contributed by atoms with Gasteiger partial charge in [-0.2, -0.15) is 0 Å². The first-order chi connectivity index (χ1) is 5.88. The van der Waals surface area contributed by atoms with Crippen molar-refractivity contribution >= 4 is 17.3 Å². The minimum absolute atomic E-state index is 0.0331. The third-order valence-corrected chi connectivity index (χ3v) is 1.40. The number of anilines is 1. The molecule has 0 atom stereocenters. The van der Waals surface area contributed by atoms with Crippen molar-refractivity contribution < 1.29 is 17.9 Å². The standard InChI is InChI=1S/C6H4ClF3N2O/c7-3-1-5(12-2-4(3)11)13-6(8,9)10/h1-2H,11H2. The number of nitrogen functional groups attached to an aromatic ring is 1. The number of halogens is 4. The number of alkyl halides is 3.